The van der Waals surface area contributed by atoms with Crippen LogP contribution in [0, 0.1) is 0 Å². The van der Waals surface area contributed by atoms with E-state index in [4.69, 9.17) is 5.11 Å². The largest absolute Gasteiger partial charge is 0.396 e. The summed E-state index contributed by atoms with van der Waals surface area (Å²) in [4.78, 5) is 0. The quantitative estimate of drug-likeness (QED) is 0.616. The van der Waals surface area contributed by atoms with E-state index in [1.165, 1.54) is 12.3 Å². The van der Waals surface area contributed by atoms with Gasteiger partial charge in [-0.1, -0.05) is 0 Å². The maximum atomic E-state index is 9.84. The van der Waals surface area contributed by atoms with Crippen LogP contribution in [-0.2, 0) is 0 Å². The Hall–Kier alpha value is 0.350. The van der Waals surface area contributed by atoms with Crippen LogP contribution in [0.3, 0.4) is 0 Å². The van der Waals surface area contributed by atoms with Crippen molar-refractivity contribution in [3.8, 4) is 0 Å². The predicted octanol–water partition coefficient (Wildman–Crippen LogP) is 1.01. The van der Waals surface area contributed by atoms with E-state index in [-0.39, 0.29) is 14.5 Å². The molecule has 3 heteroatoms. The van der Waals surface area contributed by atoms with Gasteiger partial charge in [-0.3, -0.25) is 0 Å². The fourth-order valence-corrected chi connectivity index (χ4v) is 3.31. The Bertz CT molecular complexity index is 119. The lowest BCUT2D eigenvalue weighted by molar-refractivity contribution is 0.00762. The van der Waals surface area contributed by atoms with E-state index in [0.29, 0.717) is 6.42 Å². The number of hydrogen-bond donors (Lipinski definition) is 2. The fourth-order valence-electron chi connectivity index (χ4n) is 1.49. The van der Waals surface area contributed by atoms with Crippen molar-refractivity contribution in [1.29, 1.82) is 0 Å². The van der Waals surface area contributed by atoms with E-state index in [1.54, 1.807) is 0 Å². The molecule has 0 aromatic rings. The molecule has 0 bridgehead atoms. The molecule has 0 spiro atoms. The summed E-state index contributed by atoms with van der Waals surface area (Å²) >= 11 is 0. The smallest absolute Gasteiger partial charge is 0.0676 e. The lowest BCUT2D eigenvalue weighted by atomic mass is 9.93. The molecule has 11 heavy (non-hydrogen) atoms. The van der Waals surface area contributed by atoms with Crippen LogP contribution in [0.15, 0.2) is 0 Å². The van der Waals surface area contributed by atoms with Crippen molar-refractivity contribution in [1.82, 2.24) is 0 Å². The third-order valence-corrected chi connectivity index (χ3v) is 4.47. The molecule has 0 aromatic heterocycles. The molecule has 0 aliphatic carbocycles. The molecule has 1 aliphatic heterocycles. The van der Waals surface area contributed by atoms with Crippen molar-refractivity contribution in [2.75, 3.05) is 25.6 Å². The van der Waals surface area contributed by atoms with Crippen LogP contribution in [0.25, 0.3) is 0 Å². The summed E-state index contributed by atoms with van der Waals surface area (Å²) in [5, 5.41) is 18.5. The molecule has 1 heterocycles. The van der Waals surface area contributed by atoms with Crippen molar-refractivity contribution in [3.63, 3.8) is 0 Å². The van der Waals surface area contributed by atoms with Gasteiger partial charge in [0, 0.05) is 6.61 Å². The van der Waals surface area contributed by atoms with Crippen molar-refractivity contribution < 1.29 is 10.2 Å². The lowest BCUT2D eigenvalue weighted by Gasteiger charge is -2.34. The first-order chi connectivity index (χ1) is 5.16. The zero-order chi connectivity index (χ0) is 8.32. The van der Waals surface area contributed by atoms with Crippen LogP contribution in [0.1, 0.15) is 19.3 Å². The number of aliphatic hydroxyl groups is 2. The first-order valence-electron chi connectivity index (χ1n) is 4.18. The molecule has 1 saturated heterocycles. The van der Waals surface area contributed by atoms with Gasteiger partial charge in [-0.2, -0.15) is 0 Å². The van der Waals surface area contributed by atoms with E-state index in [2.05, 4.69) is 6.66 Å². The van der Waals surface area contributed by atoms with Gasteiger partial charge in [0.15, 0.2) is 0 Å². The number of hydrogen-bond acceptors (Lipinski definition) is 2. The van der Waals surface area contributed by atoms with Crippen LogP contribution in [0.2, 0.25) is 0 Å². The van der Waals surface area contributed by atoms with E-state index < -0.39 is 5.60 Å². The highest BCUT2D eigenvalue weighted by atomic mass is 31.1. The SMILES string of the molecule is CP1CCC(O)(CCO)CC1. The Morgan fingerprint density at radius 1 is 1.36 bits per heavy atom. The Morgan fingerprint density at radius 3 is 2.36 bits per heavy atom. The molecule has 1 fully saturated rings. The van der Waals surface area contributed by atoms with Crippen molar-refractivity contribution >= 4 is 7.92 Å². The second-order valence-electron chi connectivity index (χ2n) is 3.50. The molecule has 1 aliphatic rings. The Balaban J connectivity index is 2.35. The molecule has 2 N–H and O–H groups in total. The summed E-state index contributed by atoms with van der Waals surface area (Å²) in [5.41, 5.74) is -0.524. The van der Waals surface area contributed by atoms with Crippen molar-refractivity contribution in [3.05, 3.63) is 0 Å². The standard InChI is InChI=1S/C8H17O2P/c1-11-6-3-8(10,2-5-9)4-7-11/h9-10H,2-7H2,1H3. The average molecular weight is 176 g/mol. The zero-order valence-electron chi connectivity index (χ0n) is 7.08. The van der Waals surface area contributed by atoms with Gasteiger partial charge in [0.25, 0.3) is 0 Å². The van der Waals surface area contributed by atoms with Gasteiger partial charge in [-0.05, 0) is 38.3 Å². The third kappa shape index (κ3) is 2.70. The molecule has 0 aromatic carbocycles. The van der Waals surface area contributed by atoms with Crippen LogP contribution < -0.4 is 0 Å². The van der Waals surface area contributed by atoms with Gasteiger partial charge in [0.1, 0.15) is 0 Å². The third-order valence-electron chi connectivity index (χ3n) is 2.49. The summed E-state index contributed by atoms with van der Waals surface area (Å²) in [6.45, 7) is 2.41. The topological polar surface area (TPSA) is 40.5 Å². The fraction of sp³-hybridized carbons (Fsp3) is 1.00. The van der Waals surface area contributed by atoms with Crippen LogP contribution in [0.5, 0.6) is 0 Å². The highest BCUT2D eigenvalue weighted by molar-refractivity contribution is 7.56. The average Bonchev–Trinajstić information content (AvgIpc) is 1.97. The number of aliphatic hydroxyl groups excluding tert-OH is 1. The molecular weight excluding hydrogens is 159 g/mol. The molecule has 2 nitrogen and oxygen atoms in total. The molecule has 66 valence electrons. The highest BCUT2D eigenvalue weighted by Gasteiger charge is 2.30. The van der Waals surface area contributed by atoms with Crippen LogP contribution in [0.4, 0.5) is 0 Å². The second kappa shape index (κ2) is 3.84. The normalized spacial score (nSPS) is 39.0. The maximum absolute atomic E-state index is 9.84. The van der Waals surface area contributed by atoms with E-state index in [0.717, 1.165) is 12.8 Å². The maximum Gasteiger partial charge on any atom is 0.0676 e. The van der Waals surface area contributed by atoms with Gasteiger partial charge in [0.2, 0.25) is 0 Å². The van der Waals surface area contributed by atoms with E-state index in [1.807, 2.05) is 0 Å². The van der Waals surface area contributed by atoms with Gasteiger partial charge in [-0.15, -0.1) is 7.92 Å². The zero-order valence-corrected chi connectivity index (χ0v) is 7.98. The van der Waals surface area contributed by atoms with Gasteiger partial charge in [0.05, 0.1) is 5.60 Å². The monoisotopic (exact) mass is 176 g/mol. The summed E-state index contributed by atoms with van der Waals surface area (Å²) in [6, 6.07) is 0. The first kappa shape index (κ1) is 9.44. The van der Waals surface area contributed by atoms with Crippen LogP contribution in [-0.4, -0.2) is 41.4 Å². The Labute approximate surface area is 69.4 Å². The van der Waals surface area contributed by atoms with Crippen molar-refractivity contribution in [2.45, 2.75) is 24.9 Å². The minimum atomic E-state index is -0.524. The molecule has 0 unspecified atom stereocenters. The van der Waals surface area contributed by atoms with E-state index in [9.17, 15) is 5.11 Å². The Kier molecular flexibility index (Phi) is 3.29. The molecular formula is C8H17O2P. The predicted molar refractivity (Wildman–Crippen MR) is 48.5 cm³/mol. The highest BCUT2D eigenvalue weighted by Crippen LogP contribution is 2.42. The lowest BCUT2D eigenvalue weighted by Crippen LogP contribution is -2.34. The van der Waals surface area contributed by atoms with Crippen molar-refractivity contribution in [2.24, 2.45) is 0 Å². The molecule has 0 saturated carbocycles. The minimum Gasteiger partial charge on any atom is -0.396 e. The van der Waals surface area contributed by atoms with Gasteiger partial charge in [-0.25, -0.2) is 0 Å². The second-order valence-corrected chi connectivity index (χ2v) is 6.11. The summed E-state index contributed by atoms with van der Waals surface area (Å²) < 4.78 is 0. The molecule has 0 atom stereocenters. The van der Waals surface area contributed by atoms with E-state index >= 15 is 0 Å². The summed E-state index contributed by atoms with van der Waals surface area (Å²) in [6.07, 6.45) is 4.71. The van der Waals surface area contributed by atoms with Gasteiger partial charge < -0.3 is 10.2 Å². The summed E-state index contributed by atoms with van der Waals surface area (Å²) in [5.74, 6) is 0. The molecule has 0 radical (unpaired) electrons. The summed E-state index contributed by atoms with van der Waals surface area (Å²) in [7, 11) is 0.198. The Morgan fingerprint density at radius 2 is 1.91 bits per heavy atom. The first-order valence-corrected chi connectivity index (χ1v) is 6.34. The minimum absolute atomic E-state index is 0.123. The number of rotatable bonds is 2. The molecule has 0 amide bonds. The molecule has 1 rings (SSSR count). The van der Waals surface area contributed by atoms with Crippen LogP contribution >= 0.6 is 7.92 Å². The van der Waals surface area contributed by atoms with Gasteiger partial charge >= 0.3 is 0 Å².